The normalized spacial score (nSPS) is 12.6. The summed E-state index contributed by atoms with van der Waals surface area (Å²) in [5.41, 5.74) is 2.09. The molecule has 5 heteroatoms. The van der Waals surface area contributed by atoms with E-state index >= 15 is 0 Å². The Morgan fingerprint density at radius 1 is 1.33 bits per heavy atom. The van der Waals surface area contributed by atoms with Crippen molar-refractivity contribution in [3.63, 3.8) is 0 Å². The van der Waals surface area contributed by atoms with Crippen LogP contribution in [0.25, 0.3) is 0 Å². The van der Waals surface area contributed by atoms with Crippen LogP contribution in [0.4, 0.5) is 0 Å². The van der Waals surface area contributed by atoms with Crippen molar-refractivity contribution in [2.24, 2.45) is 7.05 Å². The van der Waals surface area contributed by atoms with Gasteiger partial charge in [0.1, 0.15) is 0 Å². The zero-order valence-corrected chi connectivity index (χ0v) is 10.5. The summed E-state index contributed by atoms with van der Waals surface area (Å²) < 4.78 is 1.67. The van der Waals surface area contributed by atoms with Gasteiger partial charge in [0.15, 0.2) is 0 Å². The fourth-order valence-electron chi connectivity index (χ4n) is 1.83. The second kappa shape index (κ2) is 6.28. The molecule has 0 bridgehead atoms. The molecule has 2 aromatic rings. The van der Waals surface area contributed by atoms with Crippen molar-refractivity contribution in [2.45, 2.75) is 19.0 Å². The molecular formula is C13H18N4O. The molecule has 0 fully saturated rings. The van der Waals surface area contributed by atoms with Crippen LogP contribution in [0.15, 0.2) is 36.5 Å². The highest BCUT2D eigenvalue weighted by atomic mass is 16.3. The molecule has 0 spiro atoms. The number of aryl methyl sites for hydroxylation is 1. The Morgan fingerprint density at radius 2 is 2.11 bits per heavy atom. The molecular weight excluding hydrogens is 228 g/mol. The summed E-state index contributed by atoms with van der Waals surface area (Å²) in [6, 6.07) is 10.2. The van der Waals surface area contributed by atoms with E-state index in [0.29, 0.717) is 6.54 Å². The lowest BCUT2D eigenvalue weighted by atomic mass is 10.1. The van der Waals surface area contributed by atoms with E-state index in [1.165, 1.54) is 5.56 Å². The van der Waals surface area contributed by atoms with Gasteiger partial charge in [-0.15, -0.1) is 5.10 Å². The Balaban J connectivity index is 1.86. The molecule has 0 saturated heterocycles. The summed E-state index contributed by atoms with van der Waals surface area (Å²) in [6.45, 7) is 0.723. The van der Waals surface area contributed by atoms with Crippen molar-refractivity contribution in [1.82, 2.24) is 20.3 Å². The summed E-state index contributed by atoms with van der Waals surface area (Å²) in [5.74, 6) is 0. The number of aliphatic hydroxyl groups is 1. The van der Waals surface area contributed by atoms with Crippen LogP contribution < -0.4 is 5.32 Å². The molecule has 0 amide bonds. The second-order valence-corrected chi connectivity index (χ2v) is 4.33. The van der Waals surface area contributed by atoms with Crippen LogP contribution in [0.2, 0.25) is 0 Å². The molecule has 96 valence electrons. The van der Waals surface area contributed by atoms with Gasteiger partial charge in [0.25, 0.3) is 0 Å². The molecule has 0 unspecified atom stereocenters. The minimum absolute atomic E-state index is 0.0365. The van der Waals surface area contributed by atoms with Gasteiger partial charge in [-0.1, -0.05) is 35.5 Å². The number of rotatable bonds is 6. The molecule has 2 N–H and O–H groups in total. The smallest absolute Gasteiger partial charge is 0.0964 e. The first kappa shape index (κ1) is 12.7. The number of benzene rings is 1. The van der Waals surface area contributed by atoms with Gasteiger partial charge in [-0.25, -0.2) is 0 Å². The molecule has 0 aliphatic heterocycles. The van der Waals surface area contributed by atoms with E-state index in [9.17, 15) is 5.11 Å². The van der Waals surface area contributed by atoms with Gasteiger partial charge in [0, 0.05) is 25.8 Å². The largest absolute Gasteiger partial charge is 0.395 e. The number of hydrogen-bond donors (Lipinski definition) is 2. The van der Waals surface area contributed by atoms with E-state index < -0.39 is 0 Å². The zero-order valence-electron chi connectivity index (χ0n) is 10.5. The number of aliphatic hydroxyl groups excluding tert-OH is 1. The standard InChI is InChI=1S/C13H18N4O/c1-17-9-13(15-16-17)8-14-12(10-18)7-11-5-3-2-4-6-11/h2-6,9,12,14,18H,7-8,10H2,1H3/t12-/m0/s1. The first-order chi connectivity index (χ1) is 8.78. The maximum Gasteiger partial charge on any atom is 0.0964 e. The van der Waals surface area contributed by atoms with E-state index in [0.717, 1.165) is 12.1 Å². The van der Waals surface area contributed by atoms with Crippen molar-refractivity contribution in [3.05, 3.63) is 47.8 Å². The van der Waals surface area contributed by atoms with Gasteiger partial charge in [-0.3, -0.25) is 4.68 Å². The van der Waals surface area contributed by atoms with Crippen molar-refractivity contribution < 1.29 is 5.11 Å². The van der Waals surface area contributed by atoms with Gasteiger partial charge in [0.2, 0.25) is 0 Å². The molecule has 0 aliphatic carbocycles. The van der Waals surface area contributed by atoms with Gasteiger partial charge < -0.3 is 10.4 Å². The highest BCUT2D eigenvalue weighted by molar-refractivity contribution is 5.15. The Morgan fingerprint density at radius 3 is 2.72 bits per heavy atom. The molecule has 0 radical (unpaired) electrons. The van der Waals surface area contributed by atoms with Gasteiger partial charge >= 0.3 is 0 Å². The zero-order chi connectivity index (χ0) is 12.8. The maximum absolute atomic E-state index is 9.37. The third kappa shape index (κ3) is 3.65. The van der Waals surface area contributed by atoms with Gasteiger partial charge in [-0.2, -0.15) is 0 Å². The fraction of sp³-hybridized carbons (Fsp3) is 0.385. The Hall–Kier alpha value is -1.72. The highest BCUT2D eigenvalue weighted by Crippen LogP contribution is 2.03. The Kier molecular flexibility index (Phi) is 4.44. The van der Waals surface area contributed by atoms with Crippen molar-refractivity contribution in [3.8, 4) is 0 Å². The molecule has 1 aromatic heterocycles. The van der Waals surface area contributed by atoms with Crippen molar-refractivity contribution >= 4 is 0 Å². The topological polar surface area (TPSA) is 63.0 Å². The molecule has 18 heavy (non-hydrogen) atoms. The van der Waals surface area contributed by atoms with Crippen LogP contribution in [0.3, 0.4) is 0 Å². The van der Waals surface area contributed by atoms with E-state index in [2.05, 4.69) is 27.8 Å². The third-order valence-electron chi connectivity index (χ3n) is 2.77. The summed E-state index contributed by atoms with van der Waals surface area (Å²) in [6.07, 6.45) is 2.67. The predicted molar refractivity (Wildman–Crippen MR) is 68.9 cm³/mol. The SMILES string of the molecule is Cn1cc(CN[C@H](CO)Cc2ccccc2)nn1. The van der Waals surface area contributed by atoms with Crippen molar-refractivity contribution in [2.75, 3.05) is 6.61 Å². The second-order valence-electron chi connectivity index (χ2n) is 4.33. The number of aromatic nitrogens is 3. The summed E-state index contributed by atoms with van der Waals surface area (Å²) in [5, 5.41) is 20.5. The van der Waals surface area contributed by atoms with Crippen LogP contribution in [0.1, 0.15) is 11.3 Å². The molecule has 0 saturated carbocycles. The van der Waals surface area contributed by atoms with E-state index in [1.807, 2.05) is 31.4 Å². The molecule has 1 heterocycles. The highest BCUT2D eigenvalue weighted by Gasteiger charge is 2.08. The average Bonchev–Trinajstić information content (AvgIpc) is 2.81. The first-order valence-corrected chi connectivity index (χ1v) is 6.01. The summed E-state index contributed by atoms with van der Waals surface area (Å²) >= 11 is 0. The molecule has 1 aromatic carbocycles. The summed E-state index contributed by atoms with van der Waals surface area (Å²) in [7, 11) is 1.84. The monoisotopic (exact) mass is 246 g/mol. The third-order valence-corrected chi connectivity index (χ3v) is 2.77. The van der Waals surface area contributed by atoms with Crippen LogP contribution in [0.5, 0.6) is 0 Å². The molecule has 2 rings (SSSR count). The number of nitrogens with zero attached hydrogens (tertiary/aromatic N) is 3. The van der Waals surface area contributed by atoms with Crippen LogP contribution in [-0.4, -0.2) is 32.7 Å². The van der Waals surface area contributed by atoms with Crippen LogP contribution in [0, 0.1) is 0 Å². The van der Waals surface area contributed by atoms with Crippen molar-refractivity contribution in [1.29, 1.82) is 0 Å². The minimum atomic E-state index is 0.0365. The lowest BCUT2D eigenvalue weighted by Gasteiger charge is -2.15. The minimum Gasteiger partial charge on any atom is -0.395 e. The lowest BCUT2D eigenvalue weighted by molar-refractivity contribution is 0.240. The van der Waals surface area contributed by atoms with Gasteiger partial charge in [-0.05, 0) is 12.0 Å². The summed E-state index contributed by atoms with van der Waals surface area (Å²) in [4.78, 5) is 0. The van der Waals surface area contributed by atoms with E-state index in [-0.39, 0.29) is 12.6 Å². The van der Waals surface area contributed by atoms with E-state index in [1.54, 1.807) is 4.68 Å². The predicted octanol–water partition coefficient (Wildman–Crippen LogP) is 0.508. The number of nitrogens with one attached hydrogen (secondary N) is 1. The Bertz CT molecular complexity index is 469. The average molecular weight is 246 g/mol. The quantitative estimate of drug-likeness (QED) is 0.779. The van der Waals surface area contributed by atoms with E-state index in [4.69, 9.17) is 0 Å². The van der Waals surface area contributed by atoms with Gasteiger partial charge in [0.05, 0.1) is 12.3 Å². The molecule has 0 aliphatic rings. The fourth-order valence-corrected chi connectivity index (χ4v) is 1.83. The molecule has 5 nitrogen and oxygen atoms in total. The van der Waals surface area contributed by atoms with Crippen LogP contribution >= 0.6 is 0 Å². The lowest BCUT2D eigenvalue weighted by Crippen LogP contribution is -2.34. The number of hydrogen-bond acceptors (Lipinski definition) is 4. The Labute approximate surface area is 106 Å². The maximum atomic E-state index is 9.37. The first-order valence-electron chi connectivity index (χ1n) is 6.01. The van der Waals surface area contributed by atoms with Crippen LogP contribution in [-0.2, 0) is 20.0 Å². The molecule has 1 atom stereocenters.